The Labute approximate surface area is 164 Å². The molecule has 2 aromatic rings. The standard InChI is InChI=1S/C18H17ClF2N4O3/c1-25-8-11(15-12(20)5-10(28-2)6-13(15)21)16(17(25)26)24-18(27)23-9-3-4-14(19)22-7-9/h3-7,11,16H,8H2,1-2H3,(H2,23,24,27)/t11-,16-/m0/s1. The van der Waals surface area contributed by atoms with Crippen LogP contribution >= 0.6 is 11.6 Å². The van der Waals surface area contributed by atoms with Gasteiger partial charge in [-0.15, -0.1) is 0 Å². The van der Waals surface area contributed by atoms with Gasteiger partial charge in [0.1, 0.15) is 28.6 Å². The van der Waals surface area contributed by atoms with Crippen molar-refractivity contribution in [1.82, 2.24) is 15.2 Å². The first-order chi connectivity index (χ1) is 13.3. The van der Waals surface area contributed by atoms with Crippen LogP contribution in [0.2, 0.25) is 5.15 Å². The zero-order valence-corrected chi connectivity index (χ0v) is 15.8. The number of urea groups is 1. The number of methoxy groups -OCH3 is 1. The van der Waals surface area contributed by atoms with Gasteiger partial charge in [-0.2, -0.15) is 0 Å². The monoisotopic (exact) mass is 410 g/mol. The highest BCUT2D eigenvalue weighted by atomic mass is 35.5. The Morgan fingerprint density at radius 2 is 2.00 bits per heavy atom. The van der Waals surface area contributed by atoms with Gasteiger partial charge in [0.25, 0.3) is 0 Å². The predicted octanol–water partition coefficient (Wildman–Crippen LogP) is 2.77. The van der Waals surface area contributed by atoms with Crippen LogP contribution in [-0.4, -0.2) is 48.6 Å². The molecule has 2 atom stereocenters. The number of hydrogen-bond acceptors (Lipinski definition) is 4. The van der Waals surface area contributed by atoms with E-state index in [1.54, 1.807) is 0 Å². The third-order valence-electron chi connectivity index (χ3n) is 4.45. The number of nitrogens with zero attached hydrogens (tertiary/aromatic N) is 2. The van der Waals surface area contributed by atoms with E-state index in [1.807, 2.05) is 0 Å². The molecule has 1 saturated heterocycles. The average Bonchev–Trinajstić information content (AvgIpc) is 2.91. The fourth-order valence-corrected chi connectivity index (χ4v) is 3.22. The van der Waals surface area contributed by atoms with Crippen molar-refractivity contribution >= 4 is 29.2 Å². The van der Waals surface area contributed by atoms with Gasteiger partial charge < -0.3 is 20.3 Å². The summed E-state index contributed by atoms with van der Waals surface area (Å²) in [5, 5.41) is 5.24. The SMILES string of the molecule is COc1cc(F)c([C@@H]2CN(C)C(=O)[C@H]2NC(=O)Nc2ccc(Cl)nc2)c(F)c1. The Kier molecular flexibility index (Phi) is 5.64. The lowest BCUT2D eigenvalue weighted by atomic mass is 9.93. The molecule has 10 heteroatoms. The van der Waals surface area contributed by atoms with Gasteiger partial charge >= 0.3 is 6.03 Å². The second-order valence-corrected chi connectivity index (χ2v) is 6.66. The molecule has 0 aliphatic carbocycles. The van der Waals surface area contributed by atoms with Crippen molar-refractivity contribution in [1.29, 1.82) is 0 Å². The summed E-state index contributed by atoms with van der Waals surface area (Å²) in [6.45, 7) is 0.0481. The first kappa shape index (κ1) is 19.8. The second kappa shape index (κ2) is 7.97. The molecule has 28 heavy (non-hydrogen) atoms. The maximum atomic E-state index is 14.5. The highest BCUT2D eigenvalue weighted by Crippen LogP contribution is 2.33. The molecule has 7 nitrogen and oxygen atoms in total. The lowest BCUT2D eigenvalue weighted by molar-refractivity contribution is -0.128. The number of carbonyl (C=O) groups is 2. The van der Waals surface area contributed by atoms with E-state index < -0.39 is 35.5 Å². The van der Waals surface area contributed by atoms with Crippen LogP contribution in [0.15, 0.2) is 30.5 Å². The summed E-state index contributed by atoms with van der Waals surface area (Å²) >= 11 is 5.69. The topological polar surface area (TPSA) is 83.6 Å². The van der Waals surface area contributed by atoms with Gasteiger partial charge in [0, 0.05) is 37.2 Å². The van der Waals surface area contributed by atoms with Crippen molar-refractivity contribution in [2.45, 2.75) is 12.0 Å². The van der Waals surface area contributed by atoms with Crippen molar-refractivity contribution in [2.75, 3.05) is 26.0 Å². The fraction of sp³-hybridized carbons (Fsp3) is 0.278. The summed E-state index contributed by atoms with van der Waals surface area (Å²) < 4.78 is 33.9. The van der Waals surface area contributed by atoms with E-state index in [9.17, 15) is 18.4 Å². The van der Waals surface area contributed by atoms with E-state index in [2.05, 4.69) is 15.6 Å². The number of nitrogens with one attached hydrogen (secondary N) is 2. The molecular formula is C18H17ClF2N4O3. The lowest BCUT2D eigenvalue weighted by Gasteiger charge is -2.20. The normalized spacial score (nSPS) is 18.9. The predicted molar refractivity (Wildman–Crippen MR) is 98.5 cm³/mol. The van der Waals surface area contributed by atoms with Crippen molar-refractivity contribution in [2.24, 2.45) is 0 Å². The highest BCUT2D eigenvalue weighted by molar-refractivity contribution is 6.29. The number of ether oxygens (including phenoxy) is 1. The summed E-state index contributed by atoms with van der Waals surface area (Å²) in [5.41, 5.74) is 0.0658. The molecule has 148 valence electrons. The first-order valence-electron chi connectivity index (χ1n) is 8.27. The molecule has 0 saturated carbocycles. The Hall–Kier alpha value is -2.94. The maximum Gasteiger partial charge on any atom is 0.319 e. The number of rotatable bonds is 4. The molecule has 1 fully saturated rings. The molecule has 0 bridgehead atoms. The number of halogens is 3. The Morgan fingerprint density at radius 1 is 1.32 bits per heavy atom. The minimum absolute atomic E-state index is 0.0221. The summed E-state index contributed by atoms with van der Waals surface area (Å²) in [5.74, 6) is -3.03. The number of anilines is 1. The molecule has 3 amide bonds. The summed E-state index contributed by atoms with van der Waals surface area (Å²) in [6.07, 6.45) is 1.34. The van der Waals surface area contributed by atoms with E-state index >= 15 is 0 Å². The molecular weight excluding hydrogens is 394 g/mol. The van der Waals surface area contributed by atoms with Gasteiger partial charge in [-0.1, -0.05) is 11.6 Å². The van der Waals surface area contributed by atoms with E-state index in [4.69, 9.17) is 16.3 Å². The van der Waals surface area contributed by atoms with Crippen molar-refractivity contribution in [3.63, 3.8) is 0 Å². The zero-order valence-electron chi connectivity index (χ0n) is 15.0. The number of amides is 3. The van der Waals surface area contributed by atoms with Crippen LogP contribution in [0.25, 0.3) is 0 Å². The Bertz CT molecular complexity index is 887. The Balaban J connectivity index is 1.83. The zero-order chi connectivity index (χ0) is 20.4. The minimum Gasteiger partial charge on any atom is -0.497 e. The van der Waals surface area contributed by atoms with Gasteiger partial charge in [-0.25, -0.2) is 18.6 Å². The van der Waals surface area contributed by atoms with E-state index in [1.165, 1.54) is 37.4 Å². The van der Waals surface area contributed by atoms with Crippen molar-refractivity contribution < 1.29 is 23.1 Å². The number of hydrogen-bond donors (Lipinski definition) is 2. The summed E-state index contributed by atoms with van der Waals surface area (Å²) in [4.78, 5) is 29.9. The van der Waals surface area contributed by atoms with Crippen LogP contribution in [0.5, 0.6) is 5.75 Å². The van der Waals surface area contributed by atoms with Gasteiger partial charge in [-0.3, -0.25) is 4.79 Å². The lowest BCUT2D eigenvalue weighted by Crippen LogP contribution is -2.45. The molecule has 1 aliphatic heterocycles. The molecule has 2 heterocycles. The largest absolute Gasteiger partial charge is 0.497 e. The molecule has 2 N–H and O–H groups in total. The van der Waals surface area contributed by atoms with E-state index in [0.717, 1.165) is 12.1 Å². The van der Waals surface area contributed by atoms with Crippen LogP contribution in [0.1, 0.15) is 11.5 Å². The van der Waals surface area contributed by atoms with Crippen molar-refractivity contribution in [3.8, 4) is 5.75 Å². The molecule has 1 aromatic heterocycles. The van der Waals surface area contributed by atoms with Gasteiger partial charge in [-0.05, 0) is 12.1 Å². The second-order valence-electron chi connectivity index (χ2n) is 6.28. The number of pyridine rings is 1. The number of aromatic nitrogens is 1. The third kappa shape index (κ3) is 3.99. The van der Waals surface area contributed by atoms with Crippen molar-refractivity contribution in [3.05, 3.63) is 52.8 Å². The molecule has 3 rings (SSSR count). The third-order valence-corrected chi connectivity index (χ3v) is 4.67. The molecule has 0 spiro atoms. The number of benzene rings is 1. The van der Waals surface area contributed by atoms with Gasteiger partial charge in [0.15, 0.2) is 0 Å². The summed E-state index contributed by atoms with van der Waals surface area (Å²) in [7, 11) is 2.79. The van der Waals surface area contributed by atoms with Crippen LogP contribution in [0.3, 0.4) is 0 Å². The number of likely N-dealkylation sites (tertiary alicyclic amines) is 1. The summed E-state index contributed by atoms with van der Waals surface area (Å²) in [6, 6.07) is 3.24. The molecule has 0 unspecified atom stereocenters. The Morgan fingerprint density at radius 3 is 2.57 bits per heavy atom. The fourth-order valence-electron chi connectivity index (χ4n) is 3.11. The van der Waals surface area contributed by atoms with Crippen LogP contribution in [0.4, 0.5) is 19.3 Å². The minimum atomic E-state index is -1.14. The average molecular weight is 411 g/mol. The van der Waals surface area contributed by atoms with Crippen LogP contribution in [-0.2, 0) is 4.79 Å². The van der Waals surface area contributed by atoms with Crippen LogP contribution in [0, 0.1) is 11.6 Å². The maximum absolute atomic E-state index is 14.5. The molecule has 1 aliphatic rings. The van der Waals surface area contributed by atoms with E-state index in [0.29, 0.717) is 5.69 Å². The van der Waals surface area contributed by atoms with Gasteiger partial charge in [0.05, 0.1) is 19.0 Å². The highest BCUT2D eigenvalue weighted by Gasteiger charge is 2.43. The van der Waals surface area contributed by atoms with Gasteiger partial charge in [0.2, 0.25) is 5.91 Å². The molecule has 0 radical (unpaired) electrons. The van der Waals surface area contributed by atoms with Crippen LogP contribution < -0.4 is 15.4 Å². The first-order valence-corrected chi connectivity index (χ1v) is 8.65. The smallest absolute Gasteiger partial charge is 0.319 e. The molecule has 1 aromatic carbocycles. The number of likely N-dealkylation sites (N-methyl/N-ethyl adjacent to an activating group) is 1. The quantitative estimate of drug-likeness (QED) is 0.759. The van der Waals surface area contributed by atoms with E-state index in [-0.39, 0.29) is 23.0 Å². The number of carbonyl (C=O) groups excluding carboxylic acids is 2.